The summed E-state index contributed by atoms with van der Waals surface area (Å²) in [5, 5.41) is 11.0. The van der Waals surface area contributed by atoms with Crippen molar-refractivity contribution in [1.82, 2.24) is 20.1 Å². The number of nitrogens with zero attached hydrogens (tertiary/aromatic N) is 3. The quantitative estimate of drug-likeness (QED) is 0.739. The largest absolute Gasteiger partial charge is 0.345 e. The summed E-state index contributed by atoms with van der Waals surface area (Å²) in [4.78, 5) is 11.5. The van der Waals surface area contributed by atoms with E-state index in [9.17, 15) is 4.79 Å². The maximum Gasteiger partial charge on any atom is 0.237 e. The molecule has 3 N–H and O–H groups in total. The normalized spacial score (nSPS) is 17.9. The van der Waals surface area contributed by atoms with E-state index in [1.807, 2.05) is 6.92 Å². The first-order valence-corrected chi connectivity index (χ1v) is 5.57. The molecule has 0 saturated carbocycles. The van der Waals surface area contributed by atoms with Gasteiger partial charge in [-0.1, -0.05) is 0 Å². The smallest absolute Gasteiger partial charge is 0.237 e. The Balaban J connectivity index is 2.09. The first kappa shape index (κ1) is 11.1. The Morgan fingerprint density at radius 1 is 1.50 bits per heavy atom. The molecule has 0 saturated heterocycles. The molecule has 0 bridgehead atoms. The number of aryl methyl sites for hydroxylation is 1. The minimum absolute atomic E-state index is 0.141. The van der Waals surface area contributed by atoms with Crippen molar-refractivity contribution >= 4 is 5.91 Å². The lowest BCUT2D eigenvalue weighted by Gasteiger charge is -2.15. The molecule has 1 aromatic rings. The molecule has 16 heavy (non-hydrogen) atoms. The summed E-state index contributed by atoms with van der Waals surface area (Å²) in [5.41, 5.74) is 5.50. The molecule has 2 heterocycles. The lowest BCUT2D eigenvalue weighted by molar-refractivity contribution is -0.122. The zero-order valence-electron chi connectivity index (χ0n) is 9.60. The second-order valence-corrected chi connectivity index (χ2v) is 4.25. The van der Waals surface area contributed by atoms with Gasteiger partial charge in [-0.2, -0.15) is 0 Å². The van der Waals surface area contributed by atoms with Crippen LogP contribution in [0.3, 0.4) is 0 Å². The van der Waals surface area contributed by atoms with Gasteiger partial charge in [0, 0.05) is 13.0 Å². The molecule has 1 unspecified atom stereocenters. The van der Waals surface area contributed by atoms with Crippen LogP contribution in [-0.4, -0.2) is 26.7 Å². The molecule has 1 aromatic heterocycles. The second kappa shape index (κ2) is 4.21. The molecule has 6 heteroatoms. The van der Waals surface area contributed by atoms with E-state index in [1.54, 1.807) is 6.92 Å². The number of carbonyl (C=O) groups excluding carboxylic acids is 1. The van der Waals surface area contributed by atoms with Gasteiger partial charge in [0.1, 0.15) is 5.82 Å². The summed E-state index contributed by atoms with van der Waals surface area (Å²) in [6.45, 7) is 4.50. The molecule has 88 valence electrons. The molecule has 1 aliphatic heterocycles. The molecule has 0 aliphatic carbocycles. The van der Waals surface area contributed by atoms with E-state index in [0.29, 0.717) is 0 Å². The minimum Gasteiger partial charge on any atom is -0.345 e. The summed E-state index contributed by atoms with van der Waals surface area (Å²) < 4.78 is 2.08. The highest BCUT2D eigenvalue weighted by atomic mass is 16.2. The highest BCUT2D eigenvalue weighted by Crippen LogP contribution is 2.18. The third kappa shape index (κ3) is 1.92. The average Bonchev–Trinajstić information content (AvgIpc) is 2.77. The van der Waals surface area contributed by atoms with Crippen molar-refractivity contribution in [1.29, 1.82) is 0 Å². The van der Waals surface area contributed by atoms with Crippen molar-refractivity contribution in [3.63, 3.8) is 0 Å². The monoisotopic (exact) mass is 223 g/mol. The van der Waals surface area contributed by atoms with Crippen LogP contribution in [0.1, 0.15) is 38.0 Å². The zero-order valence-corrected chi connectivity index (χ0v) is 9.60. The van der Waals surface area contributed by atoms with Gasteiger partial charge >= 0.3 is 0 Å². The van der Waals surface area contributed by atoms with Crippen LogP contribution in [-0.2, 0) is 17.8 Å². The van der Waals surface area contributed by atoms with Crippen LogP contribution >= 0.6 is 0 Å². The first-order valence-electron chi connectivity index (χ1n) is 5.57. The van der Waals surface area contributed by atoms with E-state index in [1.165, 1.54) is 0 Å². The third-order valence-electron chi connectivity index (χ3n) is 2.80. The van der Waals surface area contributed by atoms with E-state index in [-0.39, 0.29) is 11.9 Å². The predicted octanol–water partition coefficient (Wildman–Crippen LogP) is -0.251. The molecule has 0 radical (unpaired) electrons. The Morgan fingerprint density at radius 2 is 2.25 bits per heavy atom. The van der Waals surface area contributed by atoms with Gasteiger partial charge in [-0.15, -0.1) is 10.2 Å². The minimum atomic E-state index is -0.497. The standard InChI is InChI=1S/C10H17N5O/c1-6(11)10(16)12-7(2)9-14-13-8-4-3-5-15(8)9/h6-7H,3-5,11H2,1-2H3,(H,12,16)/t6-,7?/m1/s1. The molecule has 1 aliphatic rings. The maximum absolute atomic E-state index is 11.5. The molecule has 0 aromatic carbocycles. The van der Waals surface area contributed by atoms with Crippen LogP contribution in [0, 0.1) is 0 Å². The Hall–Kier alpha value is -1.43. The summed E-state index contributed by atoms with van der Waals surface area (Å²) in [6, 6.07) is -0.638. The Morgan fingerprint density at radius 3 is 2.94 bits per heavy atom. The fourth-order valence-electron chi connectivity index (χ4n) is 1.90. The number of nitrogens with two attached hydrogens (primary N) is 1. The van der Waals surface area contributed by atoms with Gasteiger partial charge in [0.05, 0.1) is 12.1 Å². The van der Waals surface area contributed by atoms with Gasteiger partial charge in [0.25, 0.3) is 0 Å². The number of fused-ring (bicyclic) bond motifs is 1. The molecule has 2 atom stereocenters. The predicted molar refractivity (Wildman–Crippen MR) is 58.6 cm³/mol. The van der Waals surface area contributed by atoms with Gasteiger partial charge in [0.15, 0.2) is 5.82 Å². The number of nitrogens with one attached hydrogen (secondary N) is 1. The number of amides is 1. The van der Waals surface area contributed by atoms with Gasteiger partial charge in [0.2, 0.25) is 5.91 Å². The average molecular weight is 223 g/mol. The molecule has 0 fully saturated rings. The molecule has 6 nitrogen and oxygen atoms in total. The number of rotatable bonds is 3. The van der Waals surface area contributed by atoms with E-state index in [2.05, 4.69) is 20.1 Å². The van der Waals surface area contributed by atoms with Gasteiger partial charge in [-0.25, -0.2) is 0 Å². The van der Waals surface area contributed by atoms with Crippen LogP contribution in [0.25, 0.3) is 0 Å². The number of hydrogen-bond acceptors (Lipinski definition) is 4. The van der Waals surface area contributed by atoms with Crippen LogP contribution < -0.4 is 11.1 Å². The molecule has 0 spiro atoms. The highest BCUT2D eigenvalue weighted by molar-refractivity contribution is 5.81. The number of carbonyl (C=O) groups is 1. The molecule has 2 rings (SSSR count). The van der Waals surface area contributed by atoms with Gasteiger partial charge in [-0.3, -0.25) is 4.79 Å². The van der Waals surface area contributed by atoms with Crippen LogP contribution in [0.15, 0.2) is 0 Å². The Bertz CT molecular complexity index is 398. The van der Waals surface area contributed by atoms with Gasteiger partial charge in [-0.05, 0) is 20.3 Å². The maximum atomic E-state index is 11.5. The summed E-state index contributed by atoms with van der Waals surface area (Å²) in [5.74, 6) is 1.67. The second-order valence-electron chi connectivity index (χ2n) is 4.25. The fraction of sp³-hybridized carbons (Fsp3) is 0.700. The van der Waals surface area contributed by atoms with Crippen molar-refractivity contribution in [2.24, 2.45) is 5.73 Å². The highest BCUT2D eigenvalue weighted by Gasteiger charge is 2.22. The van der Waals surface area contributed by atoms with E-state index < -0.39 is 6.04 Å². The van der Waals surface area contributed by atoms with E-state index in [0.717, 1.165) is 31.0 Å². The van der Waals surface area contributed by atoms with Crippen LogP contribution in [0.4, 0.5) is 0 Å². The topological polar surface area (TPSA) is 85.8 Å². The first-order chi connectivity index (χ1) is 7.59. The van der Waals surface area contributed by atoms with Crippen LogP contribution in [0.2, 0.25) is 0 Å². The van der Waals surface area contributed by atoms with E-state index in [4.69, 9.17) is 5.73 Å². The van der Waals surface area contributed by atoms with Crippen molar-refractivity contribution in [2.45, 2.75) is 45.3 Å². The third-order valence-corrected chi connectivity index (χ3v) is 2.80. The fourth-order valence-corrected chi connectivity index (χ4v) is 1.90. The zero-order chi connectivity index (χ0) is 11.7. The Labute approximate surface area is 94.2 Å². The summed E-state index contributed by atoms with van der Waals surface area (Å²) >= 11 is 0. The van der Waals surface area contributed by atoms with Crippen LogP contribution in [0.5, 0.6) is 0 Å². The number of hydrogen-bond donors (Lipinski definition) is 2. The lowest BCUT2D eigenvalue weighted by Crippen LogP contribution is -2.40. The van der Waals surface area contributed by atoms with Crippen molar-refractivity contribution in [2.75, 3.05) is 0 Å². The van der Waals surface area contributed by atoms with Crippen molar-refractivity contribution < 1.29 is 4.79 Å². The SMILES string of the molecule is CC(NC(=O)[C@@H](C)N)c1nnc2n1CCC2. The van der Waals surface area contributed by atoms with Crippen molar-refractivity contribution in [3.05, 3.63) is 11.6 Å². The molecular formula is C10H17N5O. The summed E-state index contributed by atoms with van der Waals surface area (Å²) in [6.07, 6.45) is 2.08. The Kier molecular flexibility index (Phi) is 2.91. The van der Waals surface area contributed by atoms with Crippen molar-refractivity contribution in [3.8, 4) is 0 Å². The molecular weight excluding hydrogens is 206 g/mol. The molecule has 1 amide bonds. The lowest BCUT2D eigenvalue weighted by atomic mass is 10.2. The summed E-state index contributed by atoms with van der Waals surface area (Å²) in [7, 11) is 0. The van der Waals surface area contributed by atoms with E-state index >= 15 is 0 Å². The number of aromatic nitrogens is 3. The van der Waals surface area contributed by atoms with Gasteiger partial charge < -0.3 is 15.6 Å².